The van der Waals surface area contributed by atoms with Crippen molar-refractivity contribution < 1.29 is 13.2 Å². The number of halogens is 2. The van der Waals surface area contributed by atoms with E-state index in [4.69, 9.17) is 23.2 Å². The van der Waals surface area contributed by atoms with Gasteiger partial charge in [-0.2, -0.15) is 9.41 Å². The molecule has 0 saturated heterocycles. The Morgan fingerprint density at radius 3 is 2.39 bits per heavy atom. The molecule has 0 saturated carbocycles. The maximum absolute atomic E-state index is 13.3. The highest BCUT2D eigenvalue weighted by Gasteiger charge is 2.28. The number of carbonyl (C=O) groups excluding carboxylic acids is 1. The van der Waals surface area contributed by atoms with Gasteiger partial charge in [0.1, 0.15) is 0 Å². The Morgan fingerprint density at radius 2 is 1.77 bits per heavy atom. The van der Waals surface area contributed by atoms with Crippen molar-refractivity contribution in [1.82, 2.24) is 9.73 Å². The molecule has 0 aliphatic heterocycles. The lowest BCUT2D eigenvalue weighted by Gasteiger charge is -2.22. The monoisotopic (exact) mass is 495 g/mol. The summed E-state index contributed by atoms with van der Waals surface area (Å²) >= 11 is 13.9. The van der Waals surface area contributed by atoms with Gasteiger partial charge in [-0.05, 0) is 42.6 Å². The zero-order valence-electron chi connectivity index (χ0n) is 16.5. The molecule has 0 aliphatic rings. The fraction of sp³-hybridized carbons (Fsp3) is 0.143. The van der Waals surface area contributed by atoms with Crippen LogP contribution >= 0.6 is 34.5 Å². The highest BCUT2D eigenvalue weighted by atomic mass is 35.5. The smallest absolute Gasteiger partial charge is 0.255 e. The molecule has 10 heteroatoms. The van der Waals surface area contributed by atoms with E-state index in [2.05, 4.69) is 10.5 Å². The summed E-state index contributed by atoms with van der Waals surface area (Å²) in [5.74, 6) is -0.591. The molecule has 0 aliphatic carbocycles. The Hall–Kier alpha value is -2.23. The maximum Gasteiger partial charge on any atom is 0.255 e. The third-order valence-corrected chi connectivity index (χ3v) is 7.62. The number of hydrogen-bond donors (Lipinski definition) is 1. The van der Waals surface area contributed by atoms with Crippen molar-refractivity contribution >= 4 is 56.7 Å². The first-order valence-electron chi connectivity index (χ1n) is 9.12. The van der Waals surface area contributed by atoms with Gasteiger partial charge < -0.3 is 0 Å². The largest absolute Gasteiger partial charge is 0.272 e. The van der Waals surface area contributed by atoms with Crippen LogP contribution in [0.15, 0.2) is 70.0 Å². The Bertz CT molecular complexity index is 1160. The van der Waals surface area contributed by atoms with Crippen LogP contribution in [0, 0.1) is 6.92 Å². The molecule has 162 valence electrons. The third-order valence-electron chi connectivity index (χ3n) is 4.30. The molecule has 1 N–H and O–H groups in total. The number of amides is 1. The number of hydrogen-bond acceptors (Lipinski definition) is 5. The van der Waals surface area contributed by atoms with Gasteiger partial charge in [0.05, 0.1) is 17.7 Å². The average molecular weight is 496 g/mol. The van der Waals surface area contributed by atoms with Crippen molar-refractivity contribution in [3.05, 3.63) is 86.0 Å². The first-order valence-corrected chi connectivity index (χ1v) is 12.2. The van der Waals surface area contributed by atoms with Crippen molar-refractivity contribution in [1.29, 1.82) is 0 Å². The summed E-state index contributed by atoms with van der Waals surface area (Å²) in [6.07, 6.45) is 1.49. The lowest BCUT2D eigenvalue weighted by Crippen LogP contribution is -2.39. The molecular weight excluding hydrogens is 477 g/mol. The minimum Gasteiger partial charge on any atom is -0.272 e. The highest BCUT2D eigenvalue weighted by molar-refractivity contribution is 7.89. The third kappa shape index (κ3) is 6.15. The van der Waals surface area contributed by atoms with Gasteiger partial charge >= 0.3 is 0 Å². The minimum atomic E-state index is -4.01. The topological polar surface area (TPSA) is 78.8 Å². The number of rotatable bonds is 8. The van der Waals surface area contributed by atoms with E-state index in [-0.39, 0.29) is 11.4 Å². The van der Waals surface area contributed by atoms with Crippen LogP contribution in [0.1, 0.15) is 16.0 Å². The molecule has 0 fully saturated rings. The van der Waals surface area contributed by atoms with E-state index in [0.29, 0.717) is 15.6 Å². The van der Waals surface area contributed by atoms with E-state index < -0.39 is 22.5 Å². The molecule has 1 amide bonds. The van der Waals surface area contributed by atoms with Gasteiger partial charge in [-0.3, -0.25) is 4.79 Å². The predicted molar refractivity (Wildman–Crippen MR) is 125 cm³/mol. The van der Waals surface area contributed by atoms with Crippen molar-refractivity contribution in [3.63, 3.8) is 0 Å². The van der Waals surface area contributed by atoms with Gasteiger partial charge in [0.2, 0.25) is 10.0 Å². The van der Waals surface area contributed by atoms with Gasteiger partial charge in [0, 0.05) is 27.0 Å². The molecule has 3 rings (SSSR count). The Labute approximate surface area is 195 Å². The van der Waals surface area contributed by atoms with Crippen molar-refractivity contribution in [2.45, 2.75) is 18.4 Å². The Morgan fingerprint density at radius 1 is 1.10 bits per heavy atom. The SMILES string of the molecule is Cc1ccc(S(=O)(=O)N(CC(=O)N/N=C\c2cccs2)Cc2c(Cl)cccc2Cl)cc1. The summed E-state index contributed by atoms with van der Waals surface area (Å²) in [6.45, 7) is 1.23. The van der Waals surface area contributed by atoms with Crippen LogP contribution in [-0.4, -0.2) is 31.4 Å². The average Bonchev–Trinajstić information content (AvgIpc) is 3.24. The van der Waals surface area contributed by atoms with Crippen LogP contribution < -0.4 is 5.43 Å². The number of nitrogens with zero attached hydrogens (tertiary/aromatic N) is 2. The Kier molecular flexibility index (Phi) is 7.85. The lowest BCUT2D eigenvalue weighted by molar-refractivity contribution is -0.121. The van der Waals surface area contributed by atoms with Crippen LogP contribution in [0.2, 0.25) is 10.0 Å². The molecular formula is C21H19Cl2N3O3S2. The normalized spacial score (nSPS) is 11.9. The molecule has 0 radical (unpaired) electrons. The molecule has 6 nitrogen and oxygen atoms in total. The zero-order chi connectivity index (χ0) is 22.4. The van der Waals surface area contributed by atoms with E-state index in [1.54, 1.807) is 30.3 Å². The molecule has 3 aromatic rings. The molecule has 31 heavy (non-hydrogen) atoms. The quantitative estimate of drug-likeness (QED) is 0.363. The van der Waals surface area contributed by atoms with E-state index in [0.717, 1.165) is 14.7 Å². The van der Waals surface area contributed by atoms with Crippen molar-refractivity contribution in [2.75, 3.05) is 6.54 Å². The molecule has 0 spiro atoms. The minimum absolute atomic E-state index is 0.0659. The highest BCUT2D eigenvalue weighted by Crippen LogP contribution is 2.28. The number of thiophene rings is 1. The van der Waals surface area contributed by atoms with E-state index >= 15 is 0 Å². The van der Waals surface area contributed by atoms with Gasteiger partial charge in [-0.15, -0.1) is 11.3 Å². The van der Waals surface area contributed by atoms with E-state index in [1.807, 2.05) is 24.4 Å². The van der Waals surface area contributed by atoms with Gasteiger partial charge in [-0.1, -0.05) is 53.0 Å². The van der Waals surface area contributed by atoms with Crippen molar-refractivity contribution in [2.24, 2.45) is 5.10 Å². The van der Waals surface area contributed by atoms with E-state index in [9.17, 15) is 13.2 Å². The molecule has 1 heterocycles. The fourth-order valence-corrected chi connectivity index (χ4v) is 5.14. The summed E-state index contributed by atoms with van der Waals surface area (Å²) in [5.41, 5.74) is 3.69. The second kappa shape index (κ2) is 10.4. The first-order chi connectivity index (χ1) is 14.8. The summed E-state index contributed by atoms with van der Waals surface area (Å²) in [6, 6.07) is 15.0. The Balaban J connectivity index is 1.86. The van der Waals surface area contributed by atoms with E-state index in [1.165, 1.54) is 29.7 Å². The number of hydrazone groups is 1. The standard InChI is InChI=1S/C21H19Cl2N3O3S2/c1-15-7-9-17(10-8-15)31(28,29)26(13-18-19(22)5-2-6-20(18)23)14-21(27)25-24-12-16-4-3-11-30-16/h2-12H,13-14H2,1H3,(H,25,27)/b24-12-. The van der Waals surface area contributed by atoms with Crippen LogP contribution in [0.3, 0.4) is 0 Å². The predicted octanol–water partition coefficient (Wildman–Crippen LogP) is 4.70. The second-order valence-corrected chi connectivity index (χ2v) is 10.3. The van der Waals surface area contributed by atoms with Crippen LogP contribution in [0.5, 0.6) is 0 Å². The summed E-state index contributed by atoms with van der Waals surface area (Å²) in [5, 5.41) is 6.39. The molecule has 0 bridgehead atoms. The zero-order valence-corrected chi connectivity index (χ0v) is 19.6. The second-order valence-electron chi connectivity index (χ2n) is 6.59. The number of benzene rings is 2. The van der Waals surface area contributed by atoms with Crippen LogP contribution in [0.25, 0.3) is 0 Å². The number of sulfonamides is 1. The van der Waals surface area contributed by atoms with Gasteiger partial charge in [0.15, 0.2) is 0 Å². The summed E-state index contributed by atoms with van der Waals surface area (Å²) < 4.78 is 27.6. The first kappa shape index (κ1) is 23.4. The number of aryl methyl sites for hydroxylation is 1. The number of nitrogens with one attached hydrogen (secondary N) is 1. The summed E-state index contributed by atoms with van der Waals surface area (Å²) in [4.78, 5) is 13.4. The molecule has 0 unspecified atom stereocenters. The van der Waals surface area contributed by atoms with Gasteiger partial charge in [0.25, 0.3) is 5.91 Å². The molecule has 1 aromatic heterocycles. The van der Waals surface area contributed by atoms with Crippen LogP contribution in [-0.2, 0) is 21.4 Å². The lowest BCUT2D eigenvalue weighted by atomic mass is 10.2. The number of carbonyl (C=O) groups is 1. The molecule has 0 atom stereocenters. The summed E-state index contributed by atoms with van der Waals surface area (Å²) in [7, 11) is -4.01. The van der Waals surface area contributed by atoms with Crippen LogP contribution in [0.4, 0.5) is 0 Å². The van der Waals surface area contributed by atoms with Crippen molar-refractivity contribution in [3.8, 4) is 0 Å². The maximum atomic E-state index is 13.3. The van der Waals surface area contributed by atoms with Gasteiger partial charge in [-0.25, -0.2) is 13.8 Å². The fourth-order valence-electron chi connectivity index (χ4n) is 2.67. The molecule has 2 aromatic carbocycles.